The largest absolute Gasteiger partial charge is 0.302 e. The van der Waals surface area contributed by atoms with Gasteiger partial charge in [-0.05, 0) is 5.92 Å². The van der Waals surface area contributed by atoms with E-state index < -0.39 is 0 Å². The summed E-state index contributed by atoms with van der Waals surface area (Å²) in [6, 6.07) is 0. The Morgan fingerprint density at radius 1 is 1.57 bits per heavy atom. The van der Waals surface area contributed by atoms with E-state index in [1.165, 1.54) is 0 Å². The van der Waals surface area contributed by atoms with Crippen molar-refractivity contribution >= 4 is 22.2 Å². The van der Waals surface area contributed by atoms with Gasteiger partial charge in [-0.3, -0.25) is 0 Å². The van der Waals surface area contributed by atoms with E-state index in [1.54, 1.807) is 0 Å². The predicted octanol–water partition coefficient (Wildman–Crippen LogP) is 1.60. The molecule has 0 aromatic carbocycles. The number of carbonyl (C=O) groups excluding carboxylic acids is 1. The van der Waals surface area contributed by atoms with Gasteiger partial charge in [-0.1, -0.05) is 29.8 Å². The lowest BCUT2D eigenvalue weighted by atomic mass is 10.2. The smallest absolute Gasteiger partial charge is 0.133 e. The minimum Gasteiger partial charge on any atom is -0.302 e. The zero-order valence-corrected chi connectivity index (χ0v) is 6.10. The van der Waals surface area contributed by atoms with E-state index in [0.29, 0.717) is 5.92 Å². The lowest BCUT2D eigenvalue weighted by Crippen LogP contribution is -2.06. The lowest BCUT2D eigenvalue weighted by Gasteiger charge is -2.02. The molecule has 0 saturated carbocycles. The summed E-state index contributed by atoms with van der Waals surface area (Å²) in [6.45, 7) is 3.99. The average molecular weight is 165 g/mol. The van der Waals surface area contributed by atoms with Crippen molar-refractivity contribution in [2.75, 3.05) is 0 Å². The Labute approximate surface area is 52.2 Å². The molecule has 7 heavy (non-hydrogen) atoms. The van der Waals surface area contributed by atoms with E-state index >= 15 is 0 Å². The summed E-state index contributed by atoms with van der Waals surface area (Å²) in [5.41, 5.74) is 0. The molecule has 0 fully saturated rings. The summed E-state index contributed by atoms with van der Waals surface area (Å²) in [5.74, 6) is 0.414. The monoisotopic (exact) mass is 164 g/mol. The van der Waals surface area contributed by atoms with E-state index in [1.807, 2.05) is 13.8 Å². The van der Waals surface area contributed by atoms with Gasteiger partial charge in [0.05, 0.1) is 4.83 Å². The molecule has 0 bridgehead atoms. The molecular formula is C5H9BrO. The number of alkyl halides is 1. The minimum atomic E-state index is 0.0347. The fourth-order valence-corrected chi connectivity index (χ4v) is 0.157. The van der Waals surface area contributed by atoms with Crippen molar-refractivity contribution in [2.45, 2.75) is 18.7 Å². The lowest BCUT2D eigenvalue weighted by molar-refractivity contribution is -0.107. The summed E-state index contributed by atoms with van der Waals surface area (Å²) in [5, 5.41) is 0. The second kappa shape index (κ2) is 3.19. The van der Waals surface area contributed by atoms with E-state index in [-0.39, 0.29) is 4.83 Å². The molecule has 0 aromatic rings. The third kappa shape index (κ3) is 2.80. The maximum absolute atomic E-state index is 9.90. The summed E-state index contributed by atoms with van der Waals surface area (Å²) < 4.78 is 0. The van der Waals surface area contributed by atoms with Crippen molar-refractivity contribution in [3.05, 3.63) is 0 Å². The zero-order valence-electron chi connectivity index (χ0n) is 4.52. The first kappa shape index (κ1) is 7.15. The van der Waals surface area contributed by atoms with Crippen LogP contribution in [-0.2, 0) is 4.79 Å². The van der Waals surface area contributed by atoms with E-state index in [4.69, 9.17) is 0 Å². The standard InChI is InChI=1S/C5H9BrO/c1-4(2)5(6)3-7/h3-5H,1-2H3/t5-/m1/s1. The SMILES string of the molecule is CC(C)[C@H](Br)C=O. The number of hydrogen-bond donors (Lipinski definition) is 0. The highest BCUT2D eigenvalue weighted by Crippen LogP contribution is 2.07. The molecule has 1 nitrogen and oxygen atoms in total. The Morgan fingerprint density at radius 2 is 2.00 bits per heavy atom. The predicted molar refractivity (Wildman–Crippen MR) is 33.6 cm³/mol. The second-order valence-electron chi connectivity index (χ2n) is 1.82. The number of rotatable bonds is 2. The summed E-state index contributed by atoms with van der Waals surface area (Å²) in [6.07, 6.45) is 0.907. The van der Waals surface area contributed by atoms with Gasteiger partial charge < -0.3 is 4.79 Å². The molecule has 2 heteroatoms. The molecule has 0 aliphatic rings. The van der Waals surface area contributed by atoms with Crippen LogP contribution in [0.3, 0.4) is 0 Å². The molecule has 0 unspecified atom stereocenters. The topological polar surface area (TPSA) is 17.1 Å². The highest BCUT2D eigenvalue weighted by atomic mass is 79.9. The van der Waals surface area contributed by atoms with Crippen molar-refractivity contribution in [2.24, 2.45) is 5.92 Å². The minimum absolute atomic E-state index is 0.0347. The number of hydrogen-bond acceptors (Lipinski definition) is 1. The molecule has 0 aromatic heterocycles. The molecule has 0 saturated heterocycles. The van der Waals surface area contributed by atoms with Crippen LogP contribution in [0.2, 0.25) is 0 Å². The fourth-order valence-electron chi connectivity index (χ4n) is 0.157. The van der Waals surface area contributed by atoms with Crippen molar-refractivity contribution < 1.29 is 4.79 Å². The number of aldehydes is 1. The van der Waals surface area contributed by atoms with Crippen LogP contribution >= 0.6 is 15.9 Å². The molecule has 1 atom stereocenters. The first-order chi connectivity index (χ1) is 3.18. The van der Waals surface area contributed by atoms with Crippen molar-refractivity contribution in [1.29, 1.82) is 0 Å². The maximum Gasteiger partial charge on any atom is 0.133 e. The molecule has 0 amide bonds. The van der Waals surface area contributed by atoms with Gasteiger partial charge in [0.2, 0.25) is 0 Å². The molecular weight excluding hydrogens is 156 g/mol. The van der Waals surface area contributed by atoms with Crippen LogP contribution in [0.1, 0.15) is 13.8 Å². The molecule has 42 valence electrons. The Balaban J connectivity index is 3.33. The van der Waals surface area contributed by atoms with Crippen LogP contribution in [0.15, 0.2) is 0 Å². The van der Waals surface area contributed by atoms with Gasteiger partial charge in [0.1, 0.15) is 6.29 Å². The van der Waals surface area contributed by atoms with Crippen molar-refractivity contribution in [1.82, 2.24) is 0 Å². The zero-order chi connectivity index (χ0) is 5.86. The highest BCUT2D eigenvalue weighted by Gasteiger charge is 2.04. The van der Waals surface area contributed by atoms with Gasteiger partial charge in [-0.15, -0.1) is 0 Å². The molecule has 0 heterocycles. The second-order valence-corrected chi connectivity index (χ2v) is 2.88. The maximum atomic E-state index is 9.90. The van der Waals surface area contributed by atoms with Gasteiger partial charge >= 0.3 is 0 Å². The fraction of sp³-hybridized carbons (Fsp3) is 0.800. The Kier molecular flexibility index (Phi) is 3.26. The Bertz CT molecular complexity index is 61.1. The van der Waals surface area contributed by atoms with Crippen LogP contribution in [0.25, 0.3) is 0 Å². The first-order valence-electron chi connectivity index (χ1n) is 2.28. The average Bonchev–Trinajstić information content (AvgIpc) is 1.65. The molecule has 0 aliphatic carbocycles. The highest BCUT2D eigenvalue weighted by molar-refractivity contribution is 9.09. The first-order valence-corrected chi connectivity index (χ1v) is 3.19. The molecule has 0 N–H and O–H groups in total. The molecule has 0 rings (SSSR count). The van der Waals surface area contributed by atoms with Crippen molar-refractivity contribution in [3.63, 3.8) is 0 Å². The Hall–Kier alpha value is 0.150. The van der Waals surface area contributed by atoms with Gasteiger partial charge in [-0.25, -0.2) is 0 Å². The quantitative estimate of drug-likeness (QED) is 0.448. The molecule has 0 spiro atoms. The summed E-state index contributed by atoms with van der Waals surface area (Å²) in [4.78, 5) is 9.93. The van der Waals surface area contributed by atoms with Crippen LogP contribution in [0, 0.1) is 5.92 Å². The van der Waals surface area contributed by atoms with Gasteiger partial charge in [0.25, 0.3) is 0 Å². The number of carbonyl (C=O) groups is 1. The van der Waals surface area contributed by atoms with Crippen LogP contribution < -0.4 is 0 Å². The molecule has 0 radical (unpaired) electrons. The van der Waals surface area contributed by atoms with Crippen LogP contribution in [-0.4, -0.2) is 11.1 Å². The van der Waals surface area contributed by atoms with Gasteiger partial charge in [0.15, 0.2) is 0 Å². The van der Waals surface area contributed by atoms with E-state index in [2.05, 4.69) is 15.9 Å². The van der Waals surface area contributed by atoms with E-state index in [9.17, 15) is 4.79 Å². The summed E-state index contributed by atoms with van der Waals surface area (Å²) in [7, 11) is 0. The summed E-state index contributed by atoms with van der Waals surface area (Å²) >= 11 is 3.17. The Morgan fingerprint density at radius 3 is 2.00 bits per heavy atom. The number of halogens is 1. The third-order valence-corrected chi connectivity index (χ3v) is 2.04. The van der Waals surface area contributed by atoms with Gasteiger partial charge in [0, 0.05) is 0 Å². The normalized spacial score (nSPS) is 14.3. The van der Waals surface area contributed by atoms with E-state index in [0.717, 1.165) is 6.29 Å². The molecule has 0 aliphatic heterocycles. The van der Waals surface area contributed by atoms with Gasteiger partial charge in [-0.2, -0.15) is 0 Å². The third-order valence-electron chi connectivity index (χ3n) is 0.767. The van der Waals surface area contributed by atoms with Crippen LogP contribution in [0.4, 0.5) is 0 Å². The van der Waals surface area contributed by atoms with Crippen LogP contribution in [0.5, 0.6) is 0 Å². The van der Waals surface area contributed by atoms with Crippen molar-refractivity contribution in [3.8, 4) is 0 Å².